The molecule has 128 valence electrons. The van der Waals surface area contributed by atoms with E-state index in [0.717, 1.165) is 16.7 Å². The second-order valence-electron chi connectivity index (χ2n) is 5.58. The van der Waals surface area contributed by atoms with Crippen molar-refractivity contribution in [3.63, 3.8) is 0 Å². The van der Waals surface area contributed by atoms with Crippen LogP contribution in [0.25, 0.3) is 5.57 Å². The Morgan fingerprint density at radius 1 is 1.16 bits per heavy atom. The quantitative estimate of drug-likeness (QED) is 0.676. The lowest BCUT2D eigenvalue weighted by Gasteiger charge is -2.33. The number of fused-ring (bicyclic) bond motifs is 1. The highest BCUT2D eigenvalue weighted by atomic mass is 35.5. The van der Waals surface area contributed by atoms with E-state index in [2.05, 4.69) is 5.43 Å². The molecule has 0 aromatic heterocycles. The van der Waals surface area contributed by atoms with Crippen molar-refractivity contribution in [2.24, 2.45) is 0 Å². The lowest BCUT2D eigenvalue weighted by atomic mass is 9.89. The average molecular weight is 357 g/mol. The molecule has 0 spiro atoms. The molecule has 0 unspecified atom stereocenters. The van der Waals surface area contributed by atoms with Gasteiger partial charge < -0.3 is 4.74 Å². The molecule has 0 saturated carbocycles. The Morgan fingerprint density at radius 3 is 2.52 bits per heavy atom. The van der Waals surface area contributed by atoms with Crippen molar-refractivity contribution in [2.45, 2.75) is 13.5 Å². The van der Waals surface area contributed by atoms with Crippen molar-refractivity contribution < 1.29 is 14.3 Å². The third-order valence-corrected chi connectivity index (χ3v) is 4.17. The first-order valence-electron chi connectivity index (χ1n) is 7.77. The molecule has 2 aromatic carbocycles. The highest BCUT2D eigenvalue weighted by Crippen LogP contribution is 2.37. The highest BCUT2D eigenvalue weighted by molar-refractivity contribution is 6.30. The molecule has 3 rings (SSSR count). The van der Waals surface area contributed by atoms with Gasteiger partial charge in [0.1, 0.15) is 5.70 Å². The molecule has 0 amide bonds. The van der Waals surface area contributed by atoms with E-state index in [9.17, 15) is 9.59 Å². The number of benzene rings is 2. The summed E-state index contributed by atoms with van der Waals surface area (Å²) in [7, 11) is 1.71. The van der Waals surface area contributed by atoms with Crippen LogP contribution in [0.15, 0.2) is 54.2 Å². The summed E-state index contributed by atoms with van der Waals surface area (Å²) < 4.78 is 4.87. The maximum atomic E-state index is 12.6. The number of ether oxygens (including phenoxy) is 1. The molecule has 0 fully saturated rings. The summed E-state index contributed by atoms with van der Waals surface area (Å²) in [5.41, 5.74) is 6.64. The van der Waals surface area contributed by atoms with Gasteiger partial charge in [0.15, 0.2) is 0 Å². The van der Waals surface area contributed by atoms with Crippen LogP contribution in [0.1, 0.15) is 23.6 Å². The van der Waals surface area contributed by atoms with Gasteiger partial charge in [0.25, 0.3) is 0 Å². The Bertz CT molecular complexity index is 862. The van der Waals surface area contributed by atoms with Crippen molar-refractivity contribution in [3.05, 3.63) is 75.9 Å². The van der Waals surface area contributed by atoms with Gasteiger partial charge in [-0.2, -0.15) is 0 Å². The number of esters is 2. The monoisotopic (exact) mass is 356 g/mol. The molecule has 0 radical (unpaired) electrons. The van der Waals surface area contributed by atoms with Crippen molar-refractivity contribution in [1.82, 2.24) is 10.4 Å². The van der Waals surface area contributed by atoms with Crippen LogP contribution in [0.2, 0.25) is 5.02 Å². The van der Waals surface area contributed by atoms with Crippen LogP contribution in [-0.2, 0) is 20.9 Å². The number of carbonyl (C=O) groups is 2. The van der Waals surface area contributed by atoms with Crippen molar-refractivity contribution in [1.29, 1.82) is 0 Å². The third-order valence-electron chi connectivity index (χ3n) is 3.94. The molecule has 2 aromatic rings. The van der Waals surface area contributed by atoms with Gasteiger partial charge in [-0.1, -0.05) is 48.0 Å². The molecule has 0 saturated heterocycles. The molecule has 1 aliphatic heterocycles. The fourth-order valence-electron chi connectivity index (χ4n) is 2.91. The summed E-state index contributed by atoms with van der Waals surface area (Å²) in [6, 6.07) is 15.0. The first-order chi connectivity index (χ1) is 12.0. The van der Waals surface area contributed by atoms with Gasteiger partial charge in [-0.15, -0.1) is 0 Å². The summed E-state index contributed by atoms with van der Waals surface area (Å²) in [5.74, 6) is -1.36. The van der Waals surface area contributed by atoms with E-state index < -0.39 is 11.9 Å². The zero-order valence-electron chi connectivity index (χ0n) is 13.9. The van der Waals surface area contributed by atoms with Gasteiger partial charge in [-0.3, -0.25) is 9.80 Å². The summed E-state index contributed by atoms with van der Waals surface area (Å²) in [6.07, 6.45) is 0. The number of nitrogens with one attached hydrogen (secondary N) is 1. The first-order valence-corrected chi connectivity index (χ1v) is 8.15. The fraction of sp³-hybridized carbons (Fsp3) is 0.158. The molecule has 1 heterocycles. The van der Waals surface area contributed by atoms with Gasteiger partial charge in [0, 0.05) is 24.6 Å². The van der Waals surface area contributed by atoms with Gasteiger partial charge in [0.05, 0.1) is 6.54 Å². The maximum absolute atomic E-state index is 12.6. The van der Waals surface area contributed by atoms with Crippen LogP contribution in [-0.4, -0.2) is 24.0 Å². The van der Waals surface area contributed by atoms with Crippen LogP contribution < -0.4 is 5.43 Å². The van der Waals surface area contributed by atoms with E-state index in [0.29, 0.717) is 17.1 Å². The van der Waals surface area contributed by atoms with Crippen molar-refractivity contribution in [2.75, 3.05) is 7.05 Å². The summed E-state index contributed by atoms with van der Waals surface area (Å²) in [4.78, 5) is 23.9. The van der Waals surface area contributed by atoms with E-state index in [-0.39, 0.29) is 5.70 Å². The van der Waals surface area contributed by atoms with E-state index in [1.165, 1.54) is 6.92 Å². The molecule has 1 aliphatic rings. The standard InChI is InChI=1S/C19H17ClN2O3/c1-12(23)25-19(24)18-17(13-6-4-3-5-7-13)16-10-15(20)9-8-14(16)11-22(18)21-2/h3-10,21H,11H2,1-2H3. The summed E-state index contributed by atoms with van der Waals surface area (Å²) in [6.45, 7) is 1.65. The van der Waals surface area contributed by atoms with Crippen LogP contribution in [0.5, 0.6) is 0 Å². The van der Waals surface area contributed by atoms with Crippen LogP contribution in [0, 0.1) is 0 Å². The third kappa shape index (κ3) is 3.43. The largest absolute Gasteiger partial charge is 0.388 e. The van der Waals surface area contributed by atoms with Crippen molar-refractivity contribution in [3.8, 4) is 0 Å². The smallest absolute Gasteiger partial charge is 0.364 e. The normalized spacial score (nSPS) is 13.5. The topological polar surface area (TPSA) is 58.6 Å². The fourth-order valence-corrected chi connectivity index (χ4v) is 3.08. The Hall–Kier alpha value is -2.63. The molecule has 1 N–H and O–H groups in total. The van der Waals surface area contributed by atoms with E-state index in [1.54, 1.807) is 12.1 Å². The minimum atomic E-state index is -0.702. The van der Waals surface area contributed by atoms with E-state index in [1.807, 2.05) is 48.5 Å². The predicted molar refractivity (Wildman–Crippen MR) is 95.3 cm³/mol. The van der Waals surface area contributed by atoms with E-state index in [4.69, 9.17) is 16.3 Å². The molecular weight excluding hydrogens is 340 g/mol. The number of halogens is 1. The van der Waals surface area contributed by atoms with Crippen LogP contribution >= 0.6 is 11.6 Å². The number of hydrazine groups is 1. The number of nitrogens with zero attached hydrogens (tertiary/aromatic N) is 1. The number of hydrogen-bond acceptors (Lipinski definition) is 5. The SMILES string of the molecule is CNN1Cc2ccc(Cl)cc2C(c2ccccc2)=C1C(=O)OC(C)=O. The van der Waals surface area contributed by atoms with Crippen LogP contribution in [0.3, 0.4) is 0 Å². The molecule has 0 aliphatic carbocycles. The van der Waals surface area contributed by atoms with E-state index >= 15 is 0 Å². The molecule has 0 atom stereocenters. The number of hydrogen-bond donors (Lipinski definition) is 1. The predicted octanol–water partition coefficient (Wildman–Crippen LogP) is 3.14. The van der Waals surface area contributed by atoms with Gasteiger partial charge in [-0.25, -0.2) is 10.2 Å². The minimum absolute atomic E-state index is 0.277. The Balaban J connectivity index is 2.29. The molecule has 25 heavy (non-hydrogen) atoms. The van der Waals surface area contributed by atoms with Crippen LogP contribution in [0.4, 0.5) is 0 Å². The molecule has 5 nitrogen and oxygen atoms in total. The summed E-state index contributed by atoms with van der Waals surface area (Å²) in [5, 5.41) is 2.24. The minimum Gasteiger partial charge on any atom is -0.388 e. The molecule has 6 heteroatoms. The molecule has 0 bridgehead atoms. The lowest BCUT2D eigenvalue weighted by Crippen LogP contribution is -2.41. The van der Waals surface area contributed by atoms with Crippen molar-refractivity contribution >= 4 is 29.1 Å². The zero-order chi connectivity index (χ0) is 18.0. The second-order valence-corrected chi connectivity index (χ2v) is 6.02. The molecular formula is C19H17ClN2O3. The zero-order valence-corrected chi connectivity index (χ0v) is 14.6. The second kappa shape index (κ2) is 7.09. The Morgan fingerprint density at radius 2 is 1.88 bits per heavy atom. The Kier molecular flexibility index (Phi) is 4.88. The number of rotatable bonds is 3. The lowest BCUT2D eigenvalue weighted by molar-refractivity contribution is -0.156. The Labute approximate surface area is 150 Å². The first kappa shape index (κ1) is 17.2. The van der Waals surface area contributed by atoms with Gasteiger partial charge in [-0.05, 0) is 28.8 Å². The summed E-state index contributed by atoms with van der Waals surface area (Å²) >= 11 is 6.19. The average Bonchev–Trinajstić information content (AvgIpc) is 2.60. The van der Waals surface area contributed by atoms with Gasteiger partial charge in [0.2, 0.25) is 0 Å². The van der Waals surface area contributed by atoms with Gasteiger partial charge >= 0.3 is 11.9 Å². The highest BCUT2D eigenvalue weighted by Gasteiger charge is 2.31. The number of carbonyl (C=O) groups excluding carboxylic acids is 2. The maximum Gasteiger partial charge on any atom is 0.364 e.